The average molecular weight is 596 g/mol. The number of hydrogen-bond donors (Lipinski definition) is 1. The fourth-order valence-electron chi connectivity index (χ4n) is 4.56. The summed E-state index contributed by atoms with van der Waals surface area (Å²) in [7, 11) is -1.35. The summed E-state index contributed by atoms with van der Waals surface area (Å²) in [6.07, 6.45) is 1.62. The second-order valence-electron chi connectivity index (χ2n) is 9.93. The molecule has 3 aromatic rings. The summed E-state index contributed by atoms with van der Waals surface area (Å²) in [6, 6.07) is 21.6. The van der Waals surface area contributed by atoms with Gasteiger partial charge in [-0.25, -0.2) is 8.42 Å². The van der Waals surface area contributed by atoms with Gasteiger partial charge in [-0.2, -0.15) is 0 Å². The van der Waals surface area contributed by atoms with Crippen LogP contribution in [-0.4, -0.2) is 64.5 Å². The summed E-state index contributed by atoms with van der Waals surface area (Å²) >= 11 is 0. The van der Waals surface area contributed by atoms with Crippen LogP contribution in [0.1, 0.15) is 39.2 Å². The molecule has 0 radical (unpaired) electrons. The van der Waals surface area contributed by atoms with E-state index in [1.165, 1.54) is 37.3 Å². The zero-order valence-corrected chi connectivity index (χ0v) is 25.8. The number of nitrogens with zero attached hydrogens (tertiary/aromatic N) is 2. The lowest BCUT2D eigenvalue weighted by atomic mass is 10.1. The SMILES string of the molecule is CCC(C)NC(=O)C(CC)N(CCc1ccccc1)C(=O)CN(c1ccccc1)S(=O)(=O)c1ccc(OC)c(OC)c1. The van der Waals surface area contributed by atoms with Crippen molar-refractivity contribution in [2.45, 2.75) is 57.0 Å². The third kappa shape index (κ3) is 8.03. The molecule has 0 saturated heterocycles. The number of amides is 2. The minimum absolute atomic E-state index is 0.0609. The van der Waals surface area contributed by atoms with E-state index in [1.807, 2.05) is 51.1 Å². The molecule has 0 saturated carbocycles. The molecule has 10 heteroatoms. The molecule has 2 amide bonds. The Morgan fingerprint density at radius 1 is 0.857 bits per heavy atom. The molecule has 0 aliphatic carbocycles. The van der Waals surface area contributed by atoms with Crippen molar-refractivity contribution in [3.63, 3.8) is 0 Å². The Balaban J connectivity index is 2.02. The number of carbonyl (C=O) groups excluding carboxylic acids is 2. The van der Waals surface area contributed by atoms with E-state index >= 15 is 0 Å². The number of benzene rings is 3. The molecule has 0 fully saturated rings. The largest absolute Gasteiger partial charge is 0.493 e. The van der Waals surface area contributed by atoms with Crippen molar-refractivity contribution in [1.29, 1.82) is 0 Å². The topological polar surface area (TPSA) is 105 Å². The number of anilines is 1. The molecule has 2 atom stereocenters. The second kappa shape index (κ2) is 15.3. The molecule has 9 nitrogen and oxygen atoms in total. The van der Waals surface area contributed by atoms with Crippen LogP contribution >= 0.6 is 0 Å². The van der Waals surface area contributed by atoms with Crippen molar-refractivity contribution in [2.75, 3.05) is 31.6 Å². The summed E-state index contributed by atoms with van der Waals surface area (Å²) in [5, 5.41) is 2.99. The zero-order valence-electron chi connectivity index (χ0n) is 24.9. The Kier molecular flexibility index (Phi) is 11.8. The van der Waals surface area contributed by atoms with E-state index in [4.69, 9.17) is 9.47 Å². The lowest BCUT2D eigenvalue weighted by Crippen LogP contribution is -2.54. The van der Waals surface area contributed by atoms with Crippen LogP contribution in [0.2, 0.25) is 0 Å². The van der Waals surface area contributed by atoms with Crippen LogP contribution in [-0.2, 0) is 26.0 Å². The molecule has 0 aliphatic heterocycles. The molecule has 2 unspecified atom stereocenters. The highest BCUT2D eigenvalue weighted by Crippen LogP contribution is 2.32. The summed E-state index contributed by atoms with van der Waals surface area (Å²) in [5.41, 5.74) is 1.33. The van der Waals surface area contributed by atoms with Gasteiger partial charge in [-0.05, 0) is 56.0 Å². The van der Waals surface area contributed by atoms with E-state index < -0.39 is 28.5 Å². The third-order valence-corrected chi connectivity index (χ3v) is 8.91. The predicted octanol–water partition coefficient (Wildman–Crippen LogP) is 4.66. The van der Waals surface area contributed by atoms with Crippen LogP contribution in [0.25, 0.3) is 0 Å². The first-order chi connectivity index (χ1) is 20.2. The van der Waals surface area contributed by atoms with Crippen molar-refractivity contribution in [2.24, 2.45) is 0 Å². The van der Waals surface area contributed by atoms with E-state index in [2.05, 4.69) is 5.32 Å². The standard InChI is InChI=1S/C32H41N3O6S/c1-6-24(3)33-32(37)28(7-2)34(21-20-25-14-10-8-11-15-25)31(36)23-35(26-16-12-9-13-17-26)42(38,39)27-18-19-29(40-4)30(22-27)41-5/h8-19,22,24,28H,6-7,20-21,23H2,1-5H3,(H,33,37). The second-order valence-corrected chi connectivity index (χ2v) is 11.8. The molecule has 42 heavy (non-hydrogen) atoms. The number of para-hydroxylation sites is 1. The maximum absolute atomic E-state index is 14.1. The van der Waals surface area contributed by atoms with Crippen LogP contribution in [0, 0.1) is 0 Å². The molecule has 0 bridgehead atoms. The molecular weight excluding hydrogens is 554 g/mol. The maximum Gasteiger partial charge on any atom is 0.264 e. The van der Waals surface area contributed by atoms with Crippen LogP contribution in [0.3, 0.4) is 0 Å². The van der Waals surface area contributed by atoms with Gasteiger partial charge in [0, 0.05) is 18.7 Å². The first-order valence-electron chi connectivity index (χ1n) is 14.1. The first kappa shape index (κ1) is 32.5. The van der Waals surface area contributed by atoms with Gasteiger partial charge in [-0.1, -0.05) is 62.4 Å². The number of methoxy groups -OCH3 is 2. The van der Waals surface area contributed by atoms with E-state index in [-0.39, 0.29) is 29.1 Å². The van der Waals surface area contributed by atoms with Crippen LogP contribution < -0.4 is 19.1 Å². The lowest BCUT2D eigenvalue weighted by molar-refractivity contribution is -0.139. The van der Waals surface area contributed by atoms with Gasteiger partial charge in [-0.3, -0.25) is 13.9 Å². The Morgan fingerprint density at radius 3 is 2.05 bits per heavy atom. The van der Waals surface area contributed by atoms with Gasteiger partial charge in [0.25, 0.3) is 10.0 Å². The van der Waals surface area contributed by atoms with Crippen LogP contribution in [0.5, 0.6) is 11.5 Å². The molecule has 1 N–H and O–H groups in total. The fourth-order valence-corrected chi connectivity index (χ4v) is 5.99. The highest BCUT2D eigenvalue weighted by atomic mass is 32.2. The van der Waals surface area contributed by atoms with Gasteiger partial charge >= 0.3 is 0 Å². The zero-order chi connectivity index (χ0) is 30.7. The normalized spacial score (nSPS) is 12.6. The van der Waals surface area contributed by atoms with Gasteiger partial charge in [-0.15, -0.1) is 0 Å². The van der Waals surface area contributed by atoms with Crippen LogP contribution in [0.4, 0.5) is 5.69 Å². The monoisotopic (exact) mass is 595 g/mol. The number of hydrogen-bond acceptors (Lipinski definition) is 6. The summed E-state index contributed by atoms with van der Waals surface area (Å²) in [4.78, 5) is 28.9. The number of nitrogens with one attached hydrogen (secondary N) is 1. The van der Waals surface area contributed by atoms with Gasteiger partial charge in [0.05, 0.1) is 24.8 Å². The smallest absolute Gasteiger partial charge is 0.264 e. The van der Waals surface area contributed by atoms with Crippen molar-refractivity contribution < 1.29 is 27.5 Å². The molecular formula is C32H41N3O6S. The number of sulfonamides is 1. The minimum Gasteiger partial charge on any atom is -0.493 e. The highest BCUT2D eigenvalue weighted by molar-refractivity contribution is 7.92. The predicted molar refractivity (Wildman–Crippen MR) is 164 cm³/mol. The van der Waals surface area contributed by atoms with Crippen LogP contribution in [0.15, 0.2) is 83.8 Å². The van der Waals surface area contributed by atoms with Crippen molar-refractivity contribution >= 4 is 27.5 Å². The van der Waals surface area contributed by atoms with Gasteiger partial charge in [0.2, 0.25) is 11.8 Å². The van der Waals surface area contributed by atoms with Gasteiger partial charge in [0.15, 0.2) is 11.5 Å². The third-order valence-electron chi connectivity index (χ3n) is 7.14. The number of carbonyl (C=O) groups is 2. The maximum atomic E-state index is 14.1. The molecule has 3 aromatic carbocycles. The molecule has 0 aliphatic rings. The minimum atomic E-state index is -4.23. The highest BCUT2D eigenvalue weighted by Gasteiger charge is 2.34. The van der Waals surface area contributed by atoms with Gasteiger partial charge in [0.1, 0.15) is 12.6 Å². The number of ether oxygens (including phenoxy) is 2. The number of rotatable bonds is 15. The van der Waals surface area contributed by atoms with Crippen molar-refractivity contribution in [3.05, 3.63) is 84.4 Å². The summed E-state index contributed by atoms with van der Waals surface area (Å²) in [6.45, 7) is 5.48. The van der Waals surface area contributed by atoms with Gasteiger partial charge < -0.3 is 19.7 Å². The van der Waals surface area contributed by atoms with Crippen molar-refractivity contribution in [1.82, 2.24) is 10.2 Å². The van der Waals surface area contributed by atoms with E-state index in [0.717, 1.165) is 16.3 Å². The molecule has 3 rings (SSSR count). The lowest BCUT2D eigenvalue weighted by Gasteiger charge is -2.33. The first-order valence-corrected chi connectivity index (χ1v) is 15.5. The quantitative estimate of drug-likeness (QED) is 0.274. The molecule has 0 spiro atoms. The molecule has 0 aromatic heterocycles. The Hall–Kier alpha value is -4.05. The summed E-state index contributed by atoms with van der Waals surface area (Å²) in [5.74, 6) is -0.119. The van der Waals surface area contributed by atoms with Crippen molar-refractivity contribution in [3.8, 4) is 11.5 Å². The fraction of sp³-hybridized carbons (Fsp3) is 0.375. The Bertz CT molecular complexity index is 1420. The summed E-state index contributed by atoms with van der Waals surface area (Å²) < 4.78 is 39.8. The average Bonchev–Trinajstić information content (AvgIpc) is 3.01. The van der Waals surface area contributed by atoms with E-state index in [1.54, 1.807) is 30.3 Å². The Labute approximate surface area is 249 Å². The molecule has 226 valence electrons. The van der Waals surface area contributed by atoms with E-state index in [0.29, 0.717) is 24.3 Å². The Morgan fingerprint density at radius 2 is 1.48 bits per heavy atom. The molecule has 0 heterocycles. The van der Waals surface area contributed by atoms with E-state index in [9.17, 15) is 18.0 Å².